The van der Waals surface area contributed by atoms with E-state index in [4.69, 9.17) is 4.74 Å². The smallest absolute Gasteiger partial charge is 0.216 e. The molecule has 0 aliphatic carbocycles. The first-order chi connectivity index (χ1) is 5.86. The summed E-state index contributed by atoms with van der Waals surface area (Å²) in [5, 5.41) is 0. The van der Waals surface area contributed by atoms with Gasteiger partial charge in [-0.05, 0) is 13.3 Å². The van der Waals surface area contributed by atoms with Crippen LogP contribution < -0.4 is 4.74 Å². The van der Waals surface area contributed by atoms with Crippen LogP contribution in [-0.4, -0.2) is 16.6 Å². The summed E-state index contributed by atoms with van der Waals surface area (Å²) in [6.45, 7) is 4.73. The topological polar surface area (TPSA) is 35.0 Å². The quantitative estimate of drug-likeness (QED) is 0.684. The van der Waals surface area contributed by atoms with E-state index in [1.54, 1.807) is 6.33 Å². The predicted molar refractivity (Wildman–Crippen MR) is 47.2 cm³/mol. The van der Waals surface area contributed by atoms with E-state index in [1.165, 1.54) is 0 Å². The fourth-order valence-electron chi connectivity index (χ4n) is 0.997. The van der Waals surface area contributed by atoms with E-state index in [0.29, 0.717) is 12.5 Å². The lowest BCUT2D eigenvalue weighted by atomic mass is 10.2. The molecule has 0 aliphatic heterocycles. The Labute approximate surface area is 72.8 Å². The van der Waals surface area contributed by atoms with E-state index in [2.05, 4.69) is 16.9 Å². The van der Waals surface area contributed by atoms with Gasteiger partial charge in [0.05, 0.1) is 6.61 Å². The Morgan fingerprint density at radius 2 is 2.17 bits per heavy atom. The Morgan fingerprint density at radius 1 is 1.33 bits per heavy atom. The molecule has 0 saturated carbocycles. The minimum absolute atomic E-state index is 0.655. The Bertz CT molecular complexity index is 216. The molecule has 0 aliphatic rings. The van der Waals surface area contributed by atoms with E-state index >= 15 is 0 Å². The van der Waals surface area contributed by atoms with Crippen LogP contribution in [-0.2, 0) is 6.42 Å². The van der Waals surface area contributed by atoms with Crippen LogP contribution >= 0.6 is 0 Å². The lowest BCUT2D eigenvalue weighted by Crippen LogP contribution is -1.97. The fraction of sp³-hybridized carbons (Fsp3) is 0.556. The first-order valence-electron chi connectivity index (χ1n) is 4.30. The van der Waals surface area contributed by atoms with Gasteiger partial charge in [-0.2, -0.15) is 0 Å². The molecule has 0 aromatic carbocycles. The van der Waals surface area contributed by atoms with Crippen LogP contribution in [0.15, 0.2) is 12.4 Å². The summed E-state index contributed by atoms with van der Waals surface area (Å²) >= 11 is 0. The molecule has 3 heteroatoms. The van der Waals surface area contributed by atoms with Gasteiger partial charge in [0.25, 0.3) is 0 Å². The van der Waals surface area contributed by atoms with Gasteiger partial charge in [-0.25, -0.2) is 9.97 Å². The van der Waals surface area contributed by atoms with Gasteiger partial charge in [0.1, 0.15) is 6.33 Å². The second kappa shape index (κ2) is 4.70. The van der Waals surface area contributed by atoms with E-state index in [0.717, 1.165) is 18.5 Å². The van der Waals surface area contributed by atoms with Gasteiger partial charge >= 0.3 is 0 Å². The summed E-state index contributed by atoms with van der Waals surface area (Å²) in [5.41, 5.74) is 1.05. The van der Waals surface area contributed by atoms with Crippen LogP contribution in [0, 0.1) is 0 Å². The van der Waals surface area contributed by atoms with Gasteiger partial charge in [-0.3, -0.25) is 0 Å². The molecule has 1 aromatic rings. The highest BCUT2D eigenvalue weighted by atomic mass is 16.5. The number of aryl methyl sites for hydroxylation is 1. The summed E-state index contributed by atoms with van der Waals surface area (Å²) in [7, 11) is 0. The molecule has 0 bridgehead atoms. The molecular formula is C9H14N2O. The molecule has 1 heterocycles. The van der Waals surface area contributed by atoms with E-state index in [-0.39, 0.29) is 0 Å². The molecule has 0 saturated heterocycles. The molecule has 0 fully saturated rings. The lowest BCUT2D eigenvalue weighted by Gasteiger charge is -2.02. The maximum absolute atomic E-state index is 5.24. The number of rotatable bonds is 4. The maximum atomic E-state index is 5.24. The Balaban J connectivity index is 2.67. The van der Waals surface area contributed by atoms with Gasteiger partial charge in [-0.1, -0.05) is 13.3 Å². The number of nitrogens with zero attached hydrogens (tertiary/aromatic N) is 2. The van der Waals surface area contributed by atoms with Crippen LogP contribution in [0.4, 0.5) is 0 Å². The molecule has 0 atom stereocenters. The van der Waals surface area contributed by atoms with E-state index < -0.39 is 0 Å². The maximum Gasteiger partial charge on any atom is 0.216 e. The van der Waals surface area contributed by atoms with Crippen molar-refractivity contribution in [2.45, 2.75) is 26.7 Å². The number of ether oxygens (including phenoxy) is 1. The second-order valence-electron chi connectivity index (χ2n) is 2.53. The third kappa shape index (κ3) is 2.49. The van der Waals surface area contributed by atoms with Crippen molar-refractivity contribution in [1.82, 2.24) is 9.97 Å². The van der Waals surface area contributed by atoms with E-state index in [1.807, 2.05) is 13.0 Å². The molecule has 1 aromatic heterocycles. The third-order valence-electron chi connectivity index (χ3n) is 1.50. The van der Waals surface area contributed by atoms with Crippen molar-refractivity contribution in [3.63, 3.8) is 0 Å². The first kappa shape index (κ1) is 8.97. The van der Waals surface area contributed by atoms with Crippen molar-refractivity contribution in [3.8, 4) is 5.88 Å². The van der Waals surface area contributed by atoms with Crippen LogP contribution in [0.2, 0.25) is 0 Å². The normalized spacial score (nSPS) is 9.83. The molecular weight excluding hydrogens is 152 g/mol. The minimum atomic E-state index is 0.655. The summed E-state index contributed by atoms with van der Waals surface area (Å²) in [6.07, 6.45) is 3.64. The van der Waals surface area contributed by atoms with Crippen molar-refractivity contribution in [2.24, 2.45) is 0 Å². The zero-order valence-corrected chi connectivity index (χ0v) is 7.58. The van der Waals surface area contributed by atoms with Crippen molar-refractivity contribution < 1.29 is 4.74 Å². The van der Waals surface area contributed by atoms with Crippen LogP contribution in [0.5, 0.6) is 5.88 Å². The van der Waals surface area contributed by atoms with Crippen LogP contribution in [0.1, 0.15) is 26.0 Å². The van der Waals surface area contributed by atoms with Crippen molar-refractivity contribution in [2.75, 3.05) is 6.61 Å². The van der Waals surface area contributed by atoms with Gasteiger partial charge in [-0.15, -0.1) is 0 Å². The summed E-state index contributed by atoms with van der Waals surface area (Å²) < 4.78 is 5.24. The molecule has 0 N–H and O–H groups in total. The van der Waals surface area contributed by atoms with Crippen molar-refractivity contribution in [1.29, 1.82) is 0 Å². The molecule has 3 nitrogen and oxygen atoms in total. The molecule has 1 rings (SSSR count). The highest BCUT2D eigenvalue weighted by Crippen LogP contribution is 2.07. The predicted octanol–water partition coefficient (Wildman–Crippen LogP) is 1.83. The molecule has 0 spiro atoms. The third-order valence-corrected chi connectivity index (χ3v) is 1.50. The molecule has 0 unspecified atom stereocenters. The highest BCUT2D eigenvalue weighted by molar-refractivity contribution is 5.13. The molecule has 12 heavy (non-hydrogen) atoms. The zero-order chi connectivity index (χ0) is 8.81. The standard InChI is InChI=1S/C9H14N2O/c1-3-5-8-6-9(12-4-2)11-7-10-8/h6-7H,3-5H2,1-2H3. The summed E-state index contributed by atoms with van der Waals surface area (Å²) in [4.78, 5) is 8.10. The molecule has 0 amide bonds. The lowest BCUT2D eigenvalue weighted by molar-refractivity contribution is 0.325. The second-order valence-corrected chi connectivity index (χ2v) is 2.53. The zero-order valence-electron chi connectivity index (χ0n) is 7.58. The monoisotopic (exact) mass is 166 g/mol. The van der Waals surface area contributed by atoms with Crippen LogP contribution in [0.3, 0.4) is 0 Å². The Morgan fingerprint density at radius 3 is 2.83 bits per heavy atom. The van der Waals surface area contributed by atoms with Crippen molar-refractivity contribution >= 4 is 0 Å². The average Bonchev–Trinajstić information content (AvgIpc) is 2.06. The van der Waals surface area contributed by atoms with Crippen molar-refractivity contribution in [3.05, 3.63) is 18.1 Å². The summed E-state index contributed by atoms with van der Waals surface area (Å²) in [5.74, 6) is 0.677. The van der Waals surface area contributed by atoms with Gasteiger partial charge in [0.2, 0.25) is 5.88 Å². The number of aromatic nitrogens is 2. The van der Waals surface area contributed by atoms with Crippen LogP contribution in [0.25, 0.3) is 0 Å². The average molecular weight is 166 g/mol. The number of hydrogen-bond acceptors (Lipinski definition) is 3. The highest BCUT2D eigenvalue weighted by Gasteiger charge is 1.96. The Hall–Kier alpha value is -1.12. The summed E-state index contributed by atoms with van der Waals surface area (Å²) in [6, 6.07) is 1.90. The molecule has 66 valence electrons. The Kier molecular flexibility index (Phi) is 3.51. The van der Waals surface area contributed by atoms with E-state index in [9.17, 15) is 0 Å². The number of hydrogen-bond donors (Lipinski definition) is 0. The van der Waals surface area contributed by atoms with Gasteiger partial charge in [0.15, 0.2) is 0 Å². The minimum Gasteiger partial charge on any atom is -0.478 e. The largest absolute Gasteiger partial charge is 0.478 e. The fourth-order valence-corrected chi connectivity index (χ4v) is 0.997. The van der Waals surface area contributed by atoms with Gasteiger partial charge in [0, 0.05) is 11.8 Å². The van der Waals surface area contributed by atoms with Gasteiger partial charge < -0.3 is 4.74 Å². The SMILES string of the molecule is CCCc1cc(OCC)ncn1. The first-order valence-corrected chi connectivity index (χ1v) is 4.30. The molecule has 0 radical (unpaired) electrons.